The molecule has 2 atom stereocenters. The Bertz CT molecular complexity index is 477. The third-order valence-corrected chi connectivity index (χ3v) is 5.38. The van der Waals surface area contributed by atoms with Gasteiger partial charge in [0.2, 0.25) is 5.91 Å². The fraction of sp³-hybridized carbons (Fsp3) is 0.533. The summed E-state index contributed by atoms with van der Waals surface area (Å²) in [6.07, 6.45) is 4.89. The molecule has 0 saturated carbocycles. The molecule has 0 saturated heterocycles. The molecule has 2 rings (SSSR count). The lowest BCUT2D eigenvalue weighted by Gasteiger charge is -2.28. The average molecular weight is 278 g/mol. The second-order valence-electron chi connectivity index (χ2n) is 5.36. The van der Waals surface area contributed by atoms with E-state index >= 15 is 0 Å². The number of nitrogens with two attached hydrogens (primary N) is 1. The van der Waals surface area contributed by atoms with Gasteiger partial charge in [0.1, 0.15) is 0 Å². The maximum atomic E-state index is 11.5. The van der Waals surface area contributed by atoms with Crippen LogP contribution in [0.3, 0.4) is 0 Å². The predicted octanol–water partition coefficient (Wildman–Crippen LogP) is 3.26. The van der Waals surface area contributed by atoms with Crippen LogP contribution in [0.5, 0.6) is 0 Å². The second-order valence-corrected chi connectivity index (χ2v) is 6.44. The molecular weight excluding hydrogens is 256 g/mol. The van der Waals surface area contributed by atoms with Crippen LogP contribution in [0.1, 0.15) is 40.0 Å². The van der Waals surface area contributed by atoms with Crippen molar-refractivity contribution in [2.45, 2.75) is 40.0 Å². The zero-order chi connectivity index (χ0) is 14.0. The molecule has 104 valence electrons. The van der Waals surface area contributed by atoms with Gasteiger partial charge >= 0.3 is 0 Å². The highest BCUT2D eigenvalue weighted by Gasteiger charge is 2.25. The number of amides is 1. The van der Waals surface area contributed by atoms with E-state index in [-0.39, 0.29) is 11.8 Å². The minimum atomic E-state index is -0.0396. The van der Waals surface area contributed by atoms with Gasteiger partial charge < -0.3 is 0 Å². The number of hydrogen-bond acceptors (Lipinski definition) is 3. The number of hydrazine groups is 1. The zero-order valence-electron chi connectivity index (χ0n) is 11.8. The summed E-state index contributed by atoms with van der Waals surface area (Å²) in [4.78, 5) is 12.9. The van der Waals surface area contributed by atoms with Crippen LogP contribution >= 0.6 is 11.8 Å². The maximum Gasteiger partial charge on any atom is 0.237 e. The van der Waals surface area contributed by atoms with Crippen LogP contribution in [0.25, 0.3) is 0 Å². The molecule has 0 aromatic carbocycles. The van der Waals surface area contributed by atoms with Crippen molar-refractivity contribution in [3.63, 3.8) is 0 Å². The molecule has 0 fully saturated rings. The monoisotopic (exact) mass is 278 g/mol. The van der Waals surface area contributed by atoms with Crippen LogP contribution in [0.4, 0.5) is 0 Å². The molecule has 0 aromatic rings. The summed E-state index contributed by atoms with van der Waals surface area (Å²) in [6.45, 7) is 6.67. The van der Waals surface area contributed by atoms with Gasteiger partial charge in [-0.05, 0) is 54.6 Å². The third kappa shape index (κ3) is 2.95. The van der Waals surface area contributed by atoms with Crippen LogP contribution in [0.2, 0.25) is 0 Å². The molecule has 1 aliphatic heterocycles. The predicted molar refractivity (Wildman–Crippen MR) is 81.0 cm³/mol. The molecule has 1 heterocycles. The molecule has 0 radical (unpaired) electrons. The fourth-order valence-corrected chi connectivity index (χ4v) is 3.71. The van der Waals surface area contributed by atoms with E-state index in [9.17, 15) is 4.79 Å². The van der Waals surface area contributed by atoms with Gasteiger partial charge in [0, 0.05) is 11.8 Å². The van der Waals surface area contributed by atoms with E-state index < -0.39 is 0 Å². The van der Waals surface area contributed by atoms with Gasteiger partial charge in [-0.2, -0.15) is 0 Å². The van der Waals surface area contributed by atoms with Gasteiger partial charge in [0.25, 0.3) is 0 Å². The largest absolute Gasteiger partial charge is 0.294 e. The molecule has 1 aliphatic carbocycles. The van der Waals surface area contributed by atoms with Gasteiger partial charge in [-0.1, -0.05) is 18.6 Å². The Morgan fingerprint density at radius 1 is 1.47 bits per heavy atom. The average Bonchev–Trinajstić information content (AvgIpc) is 2.44. The SMILES string of the molecule is CC1=C(C)C(C)C(C2=CCC(C(=O)NN)CC2)=CS1. The summed E-state index contributed by atoms with van der Waals surface area (Å²) >= 11 is 1.82. The summed E-state index contributed by atoms with van der Waals surface area (Å²) < 4.78 is 0. The Labute approximate surface area is 119 Å². The highest BCUT2D eigenvalue weighted by molar-refractivity contribution is 8.05. The lowest BCUT2D eigenvalue weighted by molar-refractivity contribution is -0.125. The van der Waals surface area contributed by atoms with Crippen LogP contribution in [0, 0.1) is 11.8 Å². The molecule has 0 bridgehead atoms. The molecule has 2 unspecified atom stereocenters. The van der Waals surface area contributed by atoms with Crippen molar-refractivity contribution < 1.29 is 4.79 Å². The van der Waals surface area contributed by atoms with Gasteiger partial charge in [-0.3, -0.25) is 10.2 Å². The molecule has 0 spiro atoms. The lowest BCUT2D eigenvalue weighted by Crippen LogP contribution is -2.36. The van der Waals surface area contributed by atoms with Crippen LogP contribution in [0.15, 0.2) is 33.1 Å². The Hall–Kier alpha value is -1.00. The number of allylic oxidation sites excluding steroid dienone is 5. The van der Waals surface area contributed by atoms with Crippen molar-refractivity contribution in [3.8, 4) is 0 Å². The first kappa shape index (κ1) is 14.4. The van der Waals surface area contributed by atoms with Gasteiger partial charge in [-0.15, -0.1) is 11.8 Å². The van der Waals surface area contributed by atoms with Gasteiger partial charge in [0.05, 0.1) is 0 Å². The highest BCUT2D eigenvalue weighted by atomic mass is 32.2. The zero-order valence-corrected chi connectivity index (χ0v) is 12.6. The molecule has 3 N–H and O–H groups in total. The molecule has 3 nitrogen and oxygen atoms in total. The molecule has 4 heteroatoms. The van der Waals surface area contributed by atoms with Crippen molar-refractivity contribution in [3.05, 3.63) is 33.1 Å². The topological polar surface area (TPSA) is 55.1 Å². The quantitative estimate of drug-likeness (QED) is 0.463. The first-order chi connectivity index (χ1) is 9.04. The summed E-state index contributed by atoms with van der Waals surface area (Å²) in [6, 6.07) is 0. The van der Waals surface area contributed by atoms with E-state index in [0.29, 0.717) is 5.92 Å². The van der Waals surface area contributed by atoms with Gasteiger partial charge in [0.15, 0.2) is 0 Å². The first-order valence-corrected chi connectivity index (χ1v) is 7.66. The number of nitrogens with one attached hydrogen (secondary N) is 1. The molecule has 2 aliphatic rings. The van der Waals surface area contributed by atoms with Crippen LogP contribution in [-0.4, -0.2) is 5.91 Å². The van der Waals surface area contributed by atoms with Crippen molar-refractivity contribution in [1.29, 1.82) is 0 Å². The molecular formula is C15H22N2OS. The minimum Gasteiger partial charge on any atom is -0.294 e. The highest BCUT2D eigenvalue weighted by Crippen LogP contribution is 2.41. The van der Waals surface area contributed by atoms with Crippen LogP contribution in [-0.2, 0) is 4.79 Å². The summed E-state index contributed by atoms with van der Waals surface area (Å²) in [7, 11) is 0. The lowest BCUT2D eigenvalue weighted by atomic mass is 9.81. The summed E-state index contributed by atoms with van der Waals surface area (Å²) in [5.74, 6) is 5.69. The number of rotatable bonds is 2. The van der Waals surface area contributed by atoms with E-state index in [1.807, 2.05) is 11.8 Å². The Kier molecular flexibility index (Phi) is 4.53. The maximum absolute atomic E-state index is 11.5. The van der Waals surface area contributed by atoms with E-state index in [2.05, 4.69) is 37.7 Å². The standard InChI is InChI=1S/C15H22N2OS/c1-9-10(2)14(8-19-11(9)3)12-4-6-13(7-5-12)15(18)17-16/h4,8,10,13H,5-7,16H2,1-3H3,(H,17,18). The van der Waals surface area contributed by atoms with E-state index in [1.165, 1.54) is 21.6 Å². The molecule has 0 aromatic heterocycles. The third-order valence-electron chi connectivity index (χ3n) is 4.33. The van der Waals surface area contributed by atoms with Gasteiger partial charge in [-0.25, -0.2) is 5.84 Å². The van der Waals surface area contributed by atoms with Crippen LogP contribution < -0.4 is 11.3 Å². The number of carbonyl (C=O) groups is 1. The van der Waals surface area contributed by atoms with Crippen molar-refractivity contribution in [2.24, 2.45) is 17.7 Å². The number of carbonyl (C=O) groups excluding carboxylic acids is 1. The number of thioether (sulfide) groups is 1. The Morgan fingerprint density at radius 3 is 2.79 bits per heavy atom. The summed E-state index contributed by atoms with van der Waals surface area (Å²) in [5.41, 5.74) is 6.56. The van der Waals surface area contributed by atoms with E-state index in [1.54, 1.807) is 0 Å². The number of hydrogen-bond donors (Lipinski definition) is 2. The molecule has 1 amide bonds. The van der Waals surface area contributed by atoms with Crippen molar-refractivity contribution >= 4 is 17.7 Å². The normalized spacial score (nSPS) is 27.8. The first-order valence-electron chi connectivity index (χ1n) is 6.78. The summed E-state index contributed by atoms with van der Waals surface area (Å²) in [5, 5.41) is 2.28. The molecule has 19 heavy (non-hydrogen) atoms. The smallest absolute Gasteiger partial charge is 0.237 e. The van der Waals surface area contributed by atoms with E-state index in [0.717, 1.165) is 19.3 Å². The minimum absolute atomic E-state index is 0.0396. The van der Waals surface area contributed by atoms with E-state index in [4.69, 9.17) is 5.84 Å². The second kappa shape index (κ2) is 5.97. The van der Waals surface area contributed by atoms with Crippen molar-refractivity contribution in [1.82, 2.24) is 5.43 Å². The van der Waals surface area contributed by atoms with Crippen molar-refractivity contribution in [2.75, 3.05) is 0 Å². The Morgan fingerprint density at radius 2 is 2.21 bits per heavy atom. The fourth-order valence-electron chi connectivity index (χ4n) is 2.69. The Balaban J connectivity index is 2.09.